The van der Waals surface area contributed by atoms with Crippen molar-refractivity contribution in [2.24, 2.45) is 5.92 Å². The molecule has 0 N–H and O–H groups in total. The molecule has 0 bridgehead atoms. The van der Waals surface area contributed by atoms with Crippen LogP contribution in [0.2, 0.25) is 0 Å². The maximum atomic E-state index is 11.8. The van der Waals surface area contributed by atoms with Gasteiger partial charge in [0.25, 0.3) is 0 Å². The van der Waals surface area contributed by atoms with Gasteiger partial charge in [0.1, 0.15) is 6.61 Å². The fourth-order valence-corrected chi connectivity index (χ4v) is 4.65. The van der Waals surface area contributed by atoms with Crippen molar-refractivity contribution in [2.75, 3.05) is 40.0 Å². The van der Waals surface area contributed by atoms with Gasteiger partial charge in [0, 0.05) is 12.3 Å². The van der Waals surface area contributed by atoms with Crippen molar-refractivity contribution >= 4 is 5.97 Å². The van der Waals surface area contributed by atoms with Crippen molar-refractivity contribution in [1.29, 1.82) is 0 Å². The predicted octanol–water partition coefficient (Wildman–Crippen LogP) is 3.93. The molecule has 0 amide bonds. The van der Waals surface area contributed by atoms with Gasteiger partial charge in [0.2, 0.25) is 0 Å². The molecule has 0 saturated carbocycles. The van der Waals surface area contributed by atoms with Crippen LogP contribution in [0.5, 0.6) is 0 Å². The lowest BCUT2D eigenvalue weighted by Gasteiger charge is -2.51. The second kappa shape index (κ2) is 10.4. The van der Waals surface area contributed by atoms with E-state index in [1.54, 1.807) is 0 Å². The number of hydrogen-bond acceptors (Lipinski definition) is 3. The molecular weight excluding hydrogens is 302 g/mol. The molecule has 2 fully saturated rings. The van der Waals surface area contributed by atoms with Crippen LogP contribution in [-0.2, 0) is 14.3 Å². The van der Waals surface area contributed by atoms with Gasteiger partial charge in [0.05, 0.1) is 39.4 Å². The quantitative estimate of drug-likeness (QED) is 0.343. The zero-order valence-corrected chi connectivity index (χ0v) is 15.9. The average Bonchev–Trinajstić information content (AvgIpc) is 2.57. The third kappa shape index (κ3) is 6.03. The van der Waals surface area contributed by atoms with Crippen molar-refractivity contribution in [3.05, 3.63) is 0 Å². The molecule has 0 aromatic heterocycles. The van der Waals surface area contributed by atoms with Crippen molar-refractivity contribution < 1.29 is 18.8 Å². The maximum absolute atomic E-state index is 11.8. The number of carbonyl (C=O) groups excluding carboxylic acids is 1. The van der Waals surface area contributed by atoms with Crippen LogP contribution < -0.4 is 0 Å². The smallest absolute Gasteiger partial charge is 0.332 e. The molecule has 0 aromatic carbocycles. The number of piperidine rings is 2. The summed E-state index contributed by atoms with van der Waals surface area (Å²) < 4.78 is 12.2. The minimum atomic E-state index is -0.192. The largest absolute Gasteiger partial charge is 0.464 e. The average molecular weight is 341 g/mol. The molecule has 0 spiro atoms. The number of rotatable bonds is 10. The van der Waals surface area contributed by atoms with Gasteiger partial charge in [-0.15, -0.1) is 0 Å². The molecule has 0 radical (unpaired) electrons. The van der Waals surface area contributed by atoms with Crippen molar-refractivity contribution in [1.82, 2.24) is 0 Å². The normalized spacial score (nSPS) is 29.9. The molecule has 2 aliphatic heterocycles. The highest BCUT2D eigenvalue weighted by Gasteiger charge is 2.43. The van der Waals surface area contributed by atoms with Gasteiger partial charge in [0.15, 0.2) is 0 Å². The molecule has 3 unspecified atom stereocenters. The van der Waals surface area contributed by atoms with Gasteiger partial charge >= 0.3 is 5.97 Å². The van der Waals surface area contributed by atoms with Crippen LogP contribution in [0.15, 0.2) is 0 Å². The zero-order chi connectivity index (χ0) is 17.3. The van der Waals surface area contributed by atoms with Crippen molar-refractivity contribution in [3.8, 4) is 0 Å². The number of esters is 1. The van der Waals surface area contributed by atoms with Crippen LogP contribution in [0.3, 0.4) is 0 Å². The highest BCUT2D eigenvalue weighted by Crippen LogP contribution is 2.36. The molecule has 2 heterocycles. The van der Waals surface area contributed by atoms with Gasteiger partial charge in [-0.1, -0.05) is 32.6 Å². The summed E-state index contributed by atoms with van der Waals surface area (Å²) in [5, 5.41) is 0. The first kappa shape index (κ1) is 19.7. The number of ether oxygens (including phenoxy) is 2. The second-order valence-electron chi connectivity index (χ2n) is 8.04. The van der Waals surface area contributed by atoms with E-state index in [4.69, 9.17) is 9.47 Å². The standard InChI is InChI=1S/C20H38NO3/c1-3-4-5-6-9-15-24-20(22)17-23-16-18-11-10-14-21(2)13-8-7-12-19(18)21/h18-19H,3-17H2,1-2H3/q+1. The van der Waals surface area contributed by atoms with Crippen molar-refractivity contribution in [3.63, 3.8) is 0 Å². The minimum absolute atomic E-state index is 0.127. The lowest BCUT2D eigenvalue weighted by atomic mass is 9.82. The summed E-state index contributed by atoms with van der Waals surface area (Å²) in [5.74, 6) is 0.424. The topological polar surface area (TPSA) is 35.5 Å². The van der Waals surface area contributed by atoms with E-state index in [9.17, 15) is 4.79 Å². The summed E-state index contributed by atoms with van der Waals surface area (Å²) in [6.45, 7) is 6.25. The number of nitrogens with zero attached hydrogens (tertiary/aromatic N) is 1. The Hall–Kier alpha value is -0.610. The Morgan fingerprint density at radius 1 is 1.04 bits per heavy atom. The monoisotopic (exact) mass is 340 g/mol. The highest BCUT2D eigenvalue weighted by atomic mass is 16.6. The first-order chi connectivity index (χ1) is 11.7. The summed E-state index contributed by atoms with van der Waals surface area (Å²) in [6, 6.07) is 0.738. The first-order valence-electron chi connectivity index (χ1n) is 10.2. The van der Waals surface area contributed by atoms with E-state index in [1.165, 1.54) is 68.9 Å². The summed E-state index contributed by atoms with van der Waals surface area (Å²) in [4.78, 5) is 11.8. The summed E-state index contributed by atoms with van der Waals surface area (Å²) in [7, 11) is 2.42. The molecule has 2 aliphatic rings. The number of fused-ring (bicyclic) bond motifs is 1. The Labute approximate surface area is 148 Å². The van der Waals surface area contributed by atoms with E-state index in [0.717, 1.165) is 25.5 Å². The van der Waals surface area contributed by atoms with Crippen LogP contribution >= 0.6 is 0 Å². The molecule has 0 aromatic rings. The summed E-state index contributed by atoms with van der Waals surface area (Å²) in [5.41, 5.74) is 0. The third-order valence-electron chi connectivity index (χ3n) is 6.07. The van der Waals surface area contributed by atoms with Gasteiger partial charge in [-0.25, -0.2) is 4.79 Å². The van der Waals surface area contributed by atoms with Crippen LogP contribution in [-0.4, -0.2) is 56.5 Å². The molecule has 24 heavy (non-hydrogen) atoms. The Bertz CT molecular complexity index is 370. The van der Waals surface area contributed by atoms with E-state index in [2.05, 4.69) is 14.0 Å². The van der Waals surface area contributed by atoms with Crippen LogP contribution in [0.25, 0.3) is 0 Å². The summed E-state index contributed by atoms with van der Waals surface area (Å²) in [6.07, 6.45) is 12.5. The van der Waals surface area contributed by atoms with Gasteiger partial charge in [-0.05, 0) is 32.1 Å². The van der Waals surface area contributed by atoms with Crippen molar-refractivity contribution in [2.45, 2.75) is 77.2 Å². The highest BCUT2D eigenvalue weighted by molar-refractivity contribution is 5.70. The van der Waals surface area contributed by atoms with E-state index in [1.807, 2.05) is 0 Å². The van der Waals surface area contributed by atoms with Crippen LogP contribution in [0.1, 0.15) is 71.1 Å². The fraction of sp³-hybridized carbons (Fsp3) is 0.950. The van der Waals surface area contributed by atoms with E-state index in [-0.39, 0.29) is 12.6 Å². The Morgan fingerprint density at radius 2 is 1.83 bits per heavy atom. The predicted molar refractivity (Wildman–Crippen MR) is 96.8 cm³/mol. The fourth-order valence-electron chi connectivity index (χ4n) is 4.65. The van der Waals surface area contributed by atoms with Gasteiger partial charge in [-0.2, -0.15) is 0 Å². The Kier molecular flexibility index (Phi) is 8.54. The number of unbranched alkanes of at least 4 members (excludes halogenated alkanes) is 4. The molecule has 3 atom stereocenters. The molecule has 2 saturated heterocycles. The molecule has 0 aliphatic carbocycles. The maximum Gasteiger partial charge on any atom is 0.332 e. The second-order valence-corrected chi connectivity index (χ2v) is 8.04. The van der Waals surface area contributed by atoms with E-state index < -0.39 is 0 Å². The molecule has 4 nitrogen and oxygen atoms in total. The van der Waals surface area contributed by atoms with Gasteiger partial charge < -0.3 is 14.0 Å². The molecule has 2 rings (SSSR count). The Morgan fingerprint density at radius 3 is 2.67 bits per heavy atom. The lowest BCUT2D eigenvalue weighted by molar-refractivity contribution is -0.947. The first-order valence-corrected chi connectivity index (χ1v) is 10.2. The summed E-state index contributed by atoms with van der Waals surface area (Å²) >= 11 is 0. The third-order valence-corrected chi connectivity index (χ3v) is 6.07. The van der Waals surface area contributed by atoms with Crippen LogP contribution in [0, 0.1) is 5.92 Å². The lowest BCUT2D eigenvalue weighted by Crippen LogP contribution is -2.61. The zero-order valence-electron chi connectivity index (χ0n) is 15.9. The molecular formula is C20H38NO3+. The SMILES string of the molecule is CCCCCCCOC(=O)COCC1CCC[N+]2(C)CCCCC12. The number of hydrogen-bond donors (Lipinski definition) is 0. The Balaban J connectivity index is 1.58. The number of carbonyl (C=O) groups is 1. The van der Waals surface area contributed by atoms with E-state index in [0.29, 0.717) is 12.5 Å². The number of quaternary nitrogens is 1. The van der Waals surface area contributed by atoms with Crippen LogP contribution in [0.4, 0.5) is 0 Å². The molecule has 140 valence electrons. The minimum Gasteiger partial charge on any atom is -0.464 e. The molecule has 4 heteroatoms. The van der Waals surface area contributed by atoms with Gasteiger partial charge in [-0.3, -0.25) is 0 Å². The van der Waals surface area contributed by atoms with E-state index >= 15 is 0 Å².